The highest BCUT2D eigenvalue weighted by Gasteiger charge is 1.99. The van der Waals surface area contributed by atoms with E-state index in [-0.39, 0.29) is 0 Å². The highest BCUT2D eigenvalue weighted by molar-refractivity contribution is 5.27. The van der Waals surface area contributed by atoms with Crippen molar-refractivity contribution < 1.29 is 9.47 Å². The van der Waals surface area contributed by atoms with Crippen LogP contribution in [-0.2, 0) is 11.3 Å². The number of ether oxygens (including phenoxy) is 2. The van der Waals surface area contributed by atoms with E-state index in [4.69, 9.17) is 15.2 Å². The molecule has 0 saturated carbocycles. The summed E-state index contributed by atoms with van der Waals surface area (Å²) in [5, 5.41) is 0. The Kier molecular flexibility index (Phi) is 6.62. The lowest BCUT2D eigenvalue weighted by Gasteiger charge is -2.16. The average Bonchev–Trinajstić information content (AvgIpc) is 2.37. The summed E-state index contributed by atoms with van der Waals surface area (Å²) >= 11 is 0. The van der Waals surface area contributed by atoms with Crippen LogP contribution in [0.1, 0.15) is 5.56 Å². The first-order valence-electron chi connectivity index (χ1n) is 5.85. The minimum atomic E-state index is 0.569. The van der Waals surface area contributed by atoms with Crippen LogP contribution in [0.15, 0.2) is 24.3 Å². The lowest BCUT2D eigenvalue weighted by atomic mass is 10.2. The van der Waals surface area contributed by atoms with Gasteiger partial charge < -0.3 is 20.1 Å². The third kappa shape index (κ3) is 5.68. The molecule has 1 rings (SSSR count). The van der Waals surface area contributed by atoms with E-state index in [1.54, 1.807) is 7.11 Å². The Labute approximate surface area is 103 Å². The smallest absolute Gasteiger partial charge is 0.119 e. The predicted molar refractivity (Wildman–Crippen MR) is 69.2 cm³/mol. The van der Waals surface area contributed by atoms with Gasteiger partial charge in [-0.2, -0.15) is 0 Å². The Hall–Kier alpha value is -1.10. The molecule has 2 N–H and O–H groups in total. The summed E-state index contributed by atoms with van der Waals surface area (Å²) < 4.78 is 10.6. The summed E-state index contributed by atoms with van der Waals surface area (Å²) in [6.45, 7) is 3.82. The normalized spacial score (nSPS) is 10.8. The van der Waals surface area contributed by atoms with Crippen LogP contribution in [0.5, 0.6) is 5.75 Å². The van der Waals surface area contributed by atoms with E-state index in [2.05, 4.69) is 11.9 Å². The van der Waals surface area contributed by atoms with E-state index >= 15 is 0 Å². The fraction of sp³-hybridized carbons (Fsp3) is 0.538. The van der Waals surface area contributed by atoms with Crippen molar-refractivity contribution in [1.82, 2.24) is 4.90 Å². The molecule has 4 nitrogen and oxygen atoms in total. The van der Waals surface area contributed by atoms with Crippen molar-refractivity contribution in [3.8, 4) is 5.75 Å². The van der Waals surface area contributed by atoms with E-state index in [0.29, 0.717) is 13.2 Å². The number of methoxy groups -OCH3 is 1. The van der Waals surface area contributed by atoms with Crippen molar-refractivity contribution in [2.75, 3.05) is 40.5 Å². The first-order chi connectivity index (χ1) is 8.26. The average molecular weight is 238 g/mol. The quantitative estimate of drug-likeness (QED) is 0.737. The number of likely N-dealkylation sites (N-methyl/N-ethyl adjacent to an activating group) is 1. The zero-order chi connectivity index (χ0) is 12.5. The van der Waals surface area contributed by atoms with Gasteiger partial charge in [-0.3, -0.25) is 0 Å². The Morgan fingerprint density at radius 2 is 1.76 bits per heavy atom. The molecule has 1 aromatic rings. The van der Waals surface area contributed by atoms with Crippen molar-refractivity contribution in [3.63, 3.8) is 0 Å². The van der Waals surface area contributed by atoms with Crippen molar-refractivity contribution in [2.45, 2.75) is 6.54 Å². The van der Waals surface area contributed by atoms with Gasteiger partial charge in [0.15, 0.2) is 0 Å². The van der Waals surface area contributed by atoms with Gasteiger partial charge in [0.25, 0.3) is 0 Å². The molecule has 0 unspecified atom stereocenters. The van der Waals surface area contributed by atoms with E-state index < -0.39 is 0 Å². The van der Waals surface area contributed by atoms with E-state index in [0.717, 1.165) is 31.0 Å². The van der Waals surface area contributed by atoms with Crippen molar-refractivity contribution >= 4 is 0 Å². The fourth-order valence-electron chi connectivity index (χ4n) is 1.40. The van der Waals surface area contributed by atoms with Crippen LogP contribution >= 0.6 is 0 Å². The van der Waals surface area contributed by atoms with Crippen LogP contribution < -0.4 is 10.5 Å². The molecule has 17 heavy (non-hydrogen) atoms. The second-order valence-electron chi connectivity index (χ2n) is 3.99. The monoisotopic (exact) mass is 238 g/mol. The molecule has 0 bridgehead atoms. The van der Waals surface area contributed by atoms with Crippen LogP contribution in [0.2, 0.25) is 0 Å². The second-order valence-corrected chi connectivity index (χ2v) is 3.99. The van der Waals surface area contributed by atoms with Crippen LogP contribution in [0.4, 0.5) is 0 Å². The first-order valence-corrected chi connectivity index (χ1v) is 5.85. The van der Waals surface area contributed by atoms with Gasteiger partial charge in [-0.15, -0.1) is 0 Å². The number of hydrogen-bond acceptors (Lipinski definition) is 4. The zero-order valence-corrected chi connectivity index (χ0v) is 10.7. The number of nitrogens with zero attached hydrogens (tertiary/aromatic N) is 1. The Balaban J connectivity index is 2.21. The van der Waals surface area contributed by atoms with Crippen molar-refractivity contribution in [3.05, 3.63) is 29.8 Å². The van der Waals surface area contributed by atoms with Crippen LogP contribution in [0.25, 0.3) is 0 Å². The number of benzene rings is 1. The number of nitrogens with two attached hydrogens (primary N) is 1. The summed E-state index contributed by atoms with van der Waals surface area (Å²) in [6.07, 6.45) is 0. The fourth-order valence-corrected chi connectivity index (χ4v) is 1.40. The molecular weight excluding hydrogens is 216 g/mol. The van der Waals surface area contributed by atoms with Gasteiger partial charge in [-0.1, -0.05) is 12.1 Å². The molecule has 0 aliphatic heterocycles. The van der Waals surface area contributed by atoms with Crippen molar-refractivity contribution in [1.29, 1.82) is 0 Å². The molecular formula is C13H22N2O2. The van der Waals surface area contributed by atoms with Crippen molar-refractivity contribution in [2.24, 2.45) is 5.73 Å². The molecule has 1 aromatic carbocycles. The van der Waals surface area contributed by atoms with Crippen LogP contribution in [0.3, 0.4) is 0 Å². The maximum absolute atomic E-state index is 5.63. The van der Waals surface area contributed by atoms with E-state index in [9.17, 15) is 0 Å². The zero-order valence-electron chi connectivity index (χ0n) is 10.7. The minimum absolute atomic E-state index is 0.569. The lowest BCUT2D eigenvalue weighted by molar-refractivity contribution is 0.150. The Bertz CT molecular complexity index is 301. The minimum Gasteiger partial charge on any atom is -0.492 e. The third-order valence-electron chi connectivity index (χ3n) is 2.58. The molecule has 0 aliphatic rings. The molecule has 0 saturated heterocycles. The molecule has 0 amide bonds. The third-order valence-corrected chi connectivity index (χ3v) is 2.58. The Morgan fingerprint density at radius 3 is 2.35 bits per heavy atom. The number of rotatable bonds is 8. The molecule has 0 spiro atoms. The van der Waals surface area contributed by atoms with E-state index in [1.807, 2.05) is 24.3 Å². The standard InChI is InChI=1S/C13H22N2O2/c1-15(7-9-16-2)8-10-17-13-5-3-12(11-14)4-6-13/h3-6H,7-11,14H2,1-2H3. The highest BCUT2D eigenvalue weighted by Crippen LogP contribution is 2.11. The summed E-state index contributed by atoms with van der Waals surface area (Å²) in [4.78, 5) is 2.18. The molecule has 0 aromatic heterocycles. The second kappa shape index (κ2) is 8.06. The van der Waals surface area contributed by atoms with Crippen LogP contribution in [-0.4, -0.2) is 45.4 Å². The van der Waals surface area contributed by atoms with Gasteiger partial charge in [0, 0.05) is 26.7 Å². The largest absolute Gasteiger partial charge is 0.492 e. The van der Waals surface area contributed by atoms with Gasteiger partial charge in [0.2, 0.25) is 0 Å². The van der Waals surface area contributed by atoms with Gasteiger partial charge in [0.1, 0.15) is 12.4 Å². The first kappa shape index (κ1) is 14.0. The Morgan fingerprint density at radius 1 is 1.12 bits per heavy atom. The van der Waals surface area contributed by atoms with Gasteiger partial charge in [-0.25, -0.2) is 0 Å². The van der Waals surface area contributed by atoms with Crippen LogP contribution in [0, 0.1) is 0 Å². The summed E-state index contributed by atoms with van der Waals surface area (Å²) in [5.41, 5.74) is 6.65. The molecule has 96 valence electrons. The van der Waals surface area contributed by atoms with E-state index in [1.165, 1.54) is 0 Å². The van der Waals surface area contributed by atoms with Gasteiger partial charge in [0.05, 0.1) is 6.61 Å². The lowest BCUT2D eigenvalue weighted by Crippen LogP contribution is -2.27. The molecule has 0 atom stereocenters. The molecule has 0 fully saturated rings. The maximum atomic E-state index is 5.63. The molecule has 0 radical (unpaired) electrons. The van der Waals surface area contributed by atoms with Gasteiger partial charge in [-0.05, 0) is 24.7 Å². The highest BCUT2D eigenvalue weighted by atomic mass is 16.5. The predicted octanol–water partition coefficient (Wildman–Crippen LogP) is 1.10. The molecule has 0 heterocycles. The summed E-state index contributed by atoms with van der Waals surface area (Å²) in [5.74, 6) is 0.891. The summed E-state index contributed by atoms with van der Waals surface area (Å²) in [7, 11) is 3.77. The number of hydrogen-bond donors (Lipinski definition) is 1. The van der Waals surface area contributed by atoms with Gasteiger partial charge >= 0.3 is 0 Å². The SMILES string of the molecule is COCCN(C)CCOc1ccc(CN)cc1. The molecule has 4 heteroatoms. The molecule has 0 aliphatic carbocycles. The summed E-state index contributed by atoms with van der Waals surface area (Å²) in [6, 6.07) is 7.89. The maximum Gasteiger partial charge on any atom is 0.119 e. The topological polar surface area (TPSA) is 47.7 Å².